The van der Waals surface area contributed by atoms with Crippen LogP contribution >= 0.6 is 0 Å². The molecule has 0 atom stereocenters. The van der Waals surface area contributed by atoms with Gasteiger partial charge in [0.25, 0.3) is 0 Å². The molecular weight excluding hydrogens is 716 g/mol. The van der Waals surface area contributed by atoms with Crippen molar-refractivity contribution < 1.29 is 52.3 Å². The molecule has 0 aliphatic rings. The topological polar surface area (TPSA) is 125 Å². The first-order valence-corrected chi connectivity index (χ1v) is 16.5. The van der Waals surface area contributed by atoms with Gasteiger partial charge in [0.15, 0.2) is 0 Å². The molecule has 0 saturated carbocycles. The van der Waals surface area contributed by atoms with Crippen molar-refractivity contribution in [1.29, 1.82) is 0 Å². The van der Waals surface area contributed by atoms with Crippen LogP contribution in [0.1, 0.15) is 38.8 Å². The quantitative estimate of drug-likeness (QED) is 0.0308. The maximum atomic E-state index is 11.9. The Morgan fingerprint density at radius 3 is 1.38 bits per heavy atom. The van der Waals surface area contributed by atoms with Crippen LogP contribution in [-0.2, 0) is 33.3 Å². The molecule has 3 rings (SSSR count). The highest BCUT2D eigenvalue weighted by atomic mass is 16.6. The lowest BCUT2D eigenvalue weighted by atomic mass is 10.0. The molecule has 0 unspecified atom stereocenters. The molecule has 56 heavy (non-hydrogen) atoms. The average Bonchev–Trinajstić information content (AvgIpc) is 3.17. The summed E-state index contributed by atoms with van der Waals surface area (Å²) in [6, 6.07) is 17.1. The summed E-state index contributed by atoms with van der Waals surface area (Å²) in [6.07, 6.45) is 9.63. The van der Waals surface area contributed by atoms with E-state index < -0.39 is 17.9 Å². The second-order valence-electron chi connectivity index (χ2n) is 11.6. The number of carbonyl (C=O) groups excluding carboxylic acids is 3. The van der Waals surface area contributed by atoms with E-state index in [9.17, 15) is 14.4 Å². The Bertz CT molecular complexity index is 2170. The number of hydrogen-bond acceptors (Lipinski definition) is 11. The summed E-state index contributed by atoms with van der Waals surface area (Å²) >= 11 is 0. The zero-order chi connectivity index (χ0) is 41.0. The molecule has 0 radical (unpaired) electrons. The number of hydrogen-bond donors (Lipinski definition) is 0. The van der Waals surface area contributed by atoms with Gasteiger partial charge in [-0.2, -0.15) is 0 Å². The average molecular weight is 757 g/mol. The maximum absolute atomic E-state index is 11.9. The van der Waals surface area contributed by atoms with Crippen LogP contribution in [0.15, 0.2) is 172 Å². The minimum atomic E-state index is -0.624. The summed E-state index contributed by atoms with van der Waals surface area (Å²) in [5.41, 5.74) is 3.64. The van der Waals surface area contributed by atoms with Crippen LogP contribution in [0.3, 0.4) is 0 Å². The summed E-state index contributed by atoms with van der Waals surface area (Å²) in [4.78, 5) is 35.0. The van der Waals surface area contributed by atoms with Crippen LogP contribution < -0.4 is 18.9 Å². The predicted octanol–water partition coefficient (Wildman–Crippen LogP) is 9.62. The summed E-state index contributed by atoms with van der Waals surface area (Å²) < 4.78 is 43.3. The number of benzene rings is 3. The van der Waals surface area contributed by atoms with Crippen molar-refractivity contribution >= 4 is 17.9 Å². The van der Waals surface area contributed by atoms with Gasteiger partial charge in [-0.1, -0.05) is 56.9 Å². The lowest BCUT2D eigenvalue weighted by Crippen LogP contribution is -2.00. The Morgan fingerprint density at radius 1 is 0.482 bits per heavy atom. The molecule has 0 aromatic heterocycles. The van der Waals surface area contributed by atoms with E-state index in [0.29, 0.717) is 56.6 Å². The van der Waals surface area contributed by atoms with Crippen LogP contribution in [0.5, 0.6) is 23.0 Å². The Hall–Kier alpha value is -7.71. The molecule has 0 N–H and O–H groups in total. The number of esters is 3. The zero-order valence-electron chi connectivity index (χ0n) is 31.4. The van der Waals surface area contributed by atoms with Gasteiger partial charge < -0.3 is 37.9 Å². The fraction of sp³-hybridized carbons (Fsp3) is 0.0889. The molecule has 0 fully saturated rings. The molecule has 0 heterocycles. The van der Waals surface area contributed by atoms with E-state index in [2.05, 4.69) is 44.7 Å². The molecule has 11 nitrogen and oxygen atoms in total. The molecule has 3 aromatic carbocycles. The molecular formula is C45H40O11. The second kappa shape index (κ2) is 21.7. The fourth-order valence-electron chi connectivity index (χ4n) is 3.74. The Balaban J connectivity index is 2.00. The molecule has 0 spiro atoms. The van der Waals surface area contributed by atoms with E-state index in [4.69, 9.17) is 37.9 Å². The third kappa shape index (κ3) is 14.4. The van der Waals surface area contributed by atoms with Gasteiger partial charge in [0, 0.05) is 33.9 Å². The van der Waals surface area contributed by atoms with Crippen molar-refractivity contribution in [2.75, 3.05) is 0 Å². The van der Waals surface area contributed by atoms with E-state index in [1.807, 2.05) is 0 Å². The van der Waals surface area contributed by atoms with Gasteiger partial charge >= 0.3 is 17.9 Å². The minimum absolute atomic E-state index is 0.213. The lowest BCUT2D eigenvalue weighted by molar-refractivity contribution is -0.134. The first kappa shape index (κ1) is 42.7. The molecule has 286 valence electrons. The summed E-state index contributed by atoms with van der Waals surface area (Å²) in [5.74, 6) is 6.37. The largest absolute Gasteiger partial charge is 0.462 e. The monoisotopic (exact) mass is 756 g/mol. The van der Waals surface area contributed by atoms with E-state index in [1.54, 1.807) is 67.6 Å². The second-order valence-corrected chi connectivity index (χ2v) is 11.6. The first-order valence-electron chi connectivity index (χ1n) is 16.5. The van der Waals surface area contributed by atoms with Crippen LogP contribution in [-0.4, -0.2) is 17.9 Å². The first-order chi connectivity index (χ1) is 26.7. The number of allylic oxidation sites excluding steroid dienone is 1. The SMILES string of the molecule is C=C(C)C(=C)OC=COc1cc(-c2ccc(OC=COC(=O)C(=C)C)cc2)c(OC=COC(=O)C(=C)C)cc1C#Cc1ccc(OC=COC(=O)C(=C)C)cc1. The van der Waals surface area contributed by atoms with Gasteiger partial charge in [0.05, 0.1) is 5.56 Å². The van der Waals surface area contributed by atoms with Gasteiger partial charge in [-0.15, -0.1) is 0 Å². The third-order valence-electron chi connectivity index (χ3n) is 6.72. The van der Waals surface area contributed by atoms with Crippen LogP contribution in [0, 0.1) is 11.8 Å². The van der Waals surface area contributed by atoms with Gasteiger partial charge in [-0.25, -0.2) is 14.4 Å². The van der Waals surface area contributed by atoms with Gasteiger partial charge in [0.1, 0.15) is 78.9 Å². The standard InChI is InChI=1S/C45H40O11/c1-30(2)34(9)49-20-23-52-41-29-40(36-14-18-39(19-15-36)51-22-26-55-44(47)32(5)6)42(53-24-27-56-45(48)33(7)8)28-37(41)13-10-35-11-16-38(17-12-35)50-21-25-54-43(46)31(3)4/h11-12,14-29H,1,3,5,7,9H2,2,4,6,8H3. The lowest BCUT2D eigenvalue weighted by Gasteiger charge is -2.14. The number of ether oxygens (including phenoxy) is 8. The summed E-state index contributed by atoms with van der Waals surface area (Å²) in [5, 5.41) is 0. The zero-order valence-corrected chi connectivity index (χ0v) is 31.4. The smallest absolute Gasteiger partial charge is 0.338 e. The normalized spacial score (nSPS) is 10.6. The highest BCUT2D eigenvalue weighted by Crippen LogP contribution is 2.37. The van der Waals surface area contributed by atoms with Crippen molar-refractivity contribution in [2.24, 2.45) is 0 Å². The highest BCUT2D eigenvalue weighted by molar-refractivity contribution is 5.88. The molecule has 0 aliphatic heterocycles. The fourth-order valence-corrected chi connectivity index (χ4v) is 3.74. The predicted molar refractivity (Wildman–Crippen MR) is 211 cm³/mol. The van der Waals surface area contributed by atoms with Crippen molar-refractivity contribution in [3.8, 4) is 46.0 Å². The van der Waals surface area contributed by atoms with Crippen LogP contribution in [0.4, 0.5) is 0 Å². The Labute approximate surface area is 326 Å². The Morgan fingerprint density at radius 2 is 0.911 bits per heavy atom. The van der Waals surface area contributed by atoms with E-state index in [1.165, 1.54) is 52.1 Å². The van der Waals surface area contributed by atoms with Gasteiger partial charge in [-0.05, 0) is 81.3 Å². The van der Waals surface area contributed by atoms with E-state index >= 15 is 0 Å². The van der Waals surface area contributed by atoms with Crippen molar-refractivity contribution in [3.63, 3.8) is 0 Å². The van der Waals surface area contributed by atoms with Gasteiger partial charge in [-0.3, -0.25) is 0 Å². The molecule has 0 bridgehead atoms. The summed E-state index contributed by atoms with van der Waals surface area (Å²) in [7, 11) is 0. The Kier molecular flexibility index (Phi) is 16.6. The molecule has 3 aromatic rings. The molecule has 0 amide bonds. The van der Waals surface area contributed by atoms with Gasteiger partial charge in [0.2, 0.25) is 0 Å². The van der Waals surface area contributed by atoms with Crippen molar-refractivity contribution in [1.82, 2.24) is 0 Å². The maximum Gasteiger partial charge on any atom is 0.338 e. The molecule has 0 aliphatic carbocycles. The van der Waals surface area contributed by atoms with Crippen molar-refractivity contribution in [2.45, 2.75) is 27.7 Å². The highest BCUT2D eigenvalue weighted by Gasteiger charge is 2.14. The number of rotatable bonds is 18. The van der Waals surface area contributed by atoms with E-state index in [-0.39, 0.29) is 16.7 Å². The van der Waals surface area contributed by atoms with E-state index in [0.717, 1.165) is 18.8 Å². The molecule has 11 heteroatoms. The minimum Gasteiger partial charge on any atom is -0.462 e. The molecule has 0 saturated heterocycles. The number of carbonyl (C=O) groups is 3. The van der Waals surface area contributed by atoms with Crippen LogP contribution in [0.25, 0.3) is 11.1 Å². The van der Waals surface area contributed by atoms with Crippen LogP contribution in [0.2, 0.25) is 0 Å². The summed E-state index contributed by atoms with van der Waals surface area (Å²) in [6.45, 7) is 24.6. The third-order valence-corrected chi connectivity index (χ3v) is 6.72. The van der Waals surface area contributed by atoms with Crippen molar-refractivity contribution in [3.05, 3.63) is 183 Å².